The minimum Gasteiger partial charge on any atom is -0.0622 e. The second-order valence-electron chi connectivity index (χ2n) is 6.54. The van der Waals surface area contributed by atoms with Crippen molar-refractivity contribution in [2.45, 2.75) is 44.9 Å². The van der Waals surface area contributed by atoms with Crippen LogP contribution in [0.2, 0.25) is 0 Å². The van der Waals surface area contributed by atoms with Crippen LogP contribution in [0.5, 0.6) is 0 Å². The molecular formula is C23H26. The molecule has 0 heterocycles. The molecule has 0 nitrogen and oxygen atoms in total. The number of aryl methyl sites for hydroxylation is 1. The predicted molar refractivity (Wildman–Crippen MR) is 101 cm³/mol. The van der Waals surface area contributed by atoms with Crippen molar-refractivity contribution in [2.75, 3.05) is 0 Å². The van der Waals surface area contributed by atoms with E-state index < -0.39 is 0 Å². The van der Waals surface area contributed by atoms with Crippen molar-refractivity contribution in [2.24, 2.45) is 0 Å². The van der Waals surface area contributed by atoms with Crippen molar-refractivity contribution in [1.82, 2.24) is 0 Å². The summed E-state index contributed by atoms with van der Waals surface area (Å²) in [5, 5.41) is 2.68. The van der Waals surface area contributed by atoms with E-state index in [0.29, 0.717) is 0 Å². The Morgan fingerprint density at radius 1 is 0.652 bits per heavy atom. The zero-order valence-electron chi connectivity index (χ0n) is 14.0. The van der Waals surface area contributed by atoms with Gasteiger partial charge in [0.25, 0.3) is 0 Å². The normalized spacial score (nSPS) is 15.0. The van der Waals surface area contributed by atoms with E-state index in [9.17, 15) is 0 Å². The van der Waals surface area contributed by atoms with Crippen LogP contribution in [0.1, 0.15) is 49.1 Å². The molecule has 0 unspecified atom stereocenters. The van der Waals surface area contributed by atoms with Gasteiger partial charge in [-0.05, 0) is 47.6 Å². The second-order valence-corrected chi connectivity index (χ2v) is 6.54. The molecule has 0 amide bonds. The highest BCUT2D eigenvalue weighted by atomic mass is 14.2. The molecule has 0 spiro atoms. The summed E-state index contributed by atoms with van der Waals surface area (Å²) in [6.07, 6.45) is 7.12. The first-order valence-corrected chi connectivity index (χ1v) is 8.84. The van der Waals surface area contributed by atoms with Crippen LogP contribution in [-0.4, -0.2) is 0 Å². The monoisotopic (exact) mass is 302 g/mol. The molecule has 3 aromatic carbocycles. The summed E-state index contributed by atoms with van der Waals surface area (Å²) in [6, 6.07) is 25.8. The smallest absolute Gasteiger partial charge is 0.0155 e. The fraction of sp³-hybridized carbons (Fsp3) is 0.304. The maximum absolute atomic E-state index is 2.27. The average Bonchev–Trinajstić information content (AvgIpc) is 2.64. The van der Waals surface area contributed by atoms with Gasteiger partial charge in [-0.2, -0.15) is 0 Å². The van der Waals surface area contributed by atoms with Gasteiger partial charge in [-0.3, -0.25) is 0 Å². The molecule has 1 fully saturated rings. The molecule has 1 aliphatic rings. The highest BCUT2D eigenvalue weighted by Crippen LogP contribution is 2.32. The summed E-state index contributed by atoms with van der Waals surface area (Å²) in [5.41, 5.74) is 2.90. The lowest BCUT2D eigenvalue weighted by Gasteiger charge is -2.21. The van der Waals surface area contributed by atoms with Gasteiger partial charge in [-0.25, -0.2) is 0 Å². The Labute approximate surface area is 140 Å². The lowest BCUT2D eigenvalue weighted by Crippen LogP contribution is -2.03. The van der Waals surface area contributed by atoms with Gasteiger partial charge in [0.2, 0.25) is 0 Å². The first kappa shape index (κ1) is 15.8. The third-order valence-electron chi connectivity index (χ3n) is 4.88. The highest BCUT2D eigenvalue weighted by molar-refractivity contribution is 5.85. The zero-order valence-corrected chi connectivity index (χ0v) is 14.0. The maximum atomic E-state index is 2.27. The lowest BCUT2D eigenvalue weighted by molar-refractivity contribution is 0.443. The summed E-state index contributed by atoms with van der Waals surface area (Å²) in [4.78, 5) is 0. The van der Waals surface area contributed by atoms with Crippen LogP contribution >= 0.6 is 0 Å². The molecule has 0 saturated heterocycles. The summed E-state index contributed by atoms with van der Waals surface area (Å²) in [7, 11) is 0. The van der Waals surface area contributed by atoms with E-state index in [-0.39, 0.29) is 0 Å². The van der Waals surface area contributed by atoms with Gasteiger partial charge in [0.1, 0.15) is 0 Å². The Morgan fingerprint density at radius 3 is 2.04 bits per heavy atom. The zero-order chi connectivity index (χ0) is 15.9. The van der Waals surface area contributed by atoms with Crippen molar-refractivity contribution in [1.29, 1.82) is 0 Å². The lowest BCUT2D eigenvalue weighted by atomic mass is 9.84. The number of rotatable bonds is 1. The van der Waals surface area contributed by atoms with Gasteiger partial charge in [0, 0.05) is 0 Å². The topological polar surface area (TPSA) is 0 Å². The van der Waals surface area contributed by atoms with Crippen LogP contribution in [0.15, 0.2) is 72.8 Å². The summed E-state index contributed by atoms with van der Waals surface area (Å²) in [5.74, 6) is 0.861. The Bertz CT molecular complexity index is 716. The van der Waals surface area contributed by atoms with E-state index in [1.54, 1.807) is 5.56 Å². The van der Waals surface area contributed by atoms with Crippen LogP contribution < -0.4 is 0 Å². The molecule has 0 aromatic heterocycles. The number of hydrogen-bond donors (Lipinski definition) is 0. The van der Waals surface area contributed by atoms with Crippen LogP contribution in [-0.2, 0) is 0 Å². The maximum Gasteiger partial charge on any atom is -0.0155 e. The highest BCUT2D eigenvalue weighted by Gasteiger charge is 2.14. The first-order valence-electron chi connectivity index (χ1n) is 8.84. The van der Waals surface area contributed by atoms with Gasteiger partial charge in [0.15, 0.2) is 0 Å². The van der Waals surface area contributed by atoms with E-state index in [4.69, 9.17) is 0 Å². The Balaban J connectivity index is 0.000000136. The van der Waals surface area contributed by atoms with Crippen molar-refractivity contribution in [3.63, 3.8) is 0 Å². The Hall–Kier alpha value is -2.08. The van der Waals surface area contributed by atoms with E-state index in [2.05, 4.69) is 79.7 Å². The Kier molecular flexibility index (Phi) is 5.47. The summed E-state index contributed by atoms with van der Waals surface area (Å²) >= 11 is 0. The van der Waals surface area contributed by atoms with E-state index in [1.165, 1.54) is 48.4 Å². The van der Waals surface area contributed by atoms with Crippen LogP contribution in [0.25, 0.3) is 10.8 Å². The van der Waals surface area contributed by atoms with E-state index in [0.717, 1.165) is 5.92 Å². The number of hydrogen-bond acceptors (Lipinski definition) is 0. The largest absolute Gasteiger partial charge is 0.0622 e. The van der Waals surface area contributed by atoms with Crippen molar-refractivity contribution in [3.05, 3.63) is 83.9 Å². The molecule has 3 aromatic rings. The fourth-order valence-electron chi connectivity index (χ4n) is 3.55. The molecule has 0 atom stereocenters. The molecule has 0 radical (unpaired) electrons. The molecule has 1 aliphatic carbocycles. The molecular weight excluding hydrogens is 276 g/mol. The summed E-state index contributed by atoms with van der Waals surface area (Å²) in [6.45, 7) is 2.14. The van der Waals surface area contributed by atoms with Gasteiger partial charge in [0.05, 0.1) is 0 Å². The van der Waals surface area contributed by atoms with Crippen molar-refractivity contribution in [3.8, 4) is 0 Å². The standard InChI is InChI=1S/C12H16.C11H10/c1-3-7-11(8-4-1)12-9-5-2-6-10-12;1-9-5-4-7-10-6-2-3-8-11(9)10/h1,3-4,7-8,12H,2,5-6,9-10H2;2-8H,1H3. The van der Waals surface area contributed by atoms with Crippen molar-refractivity contribution >= 4 is 10.8 Å². The molecule has 0 aliphatic heterocycles. The number of fused-ring (bicyclic) bond motifs is 1. The molecule has 0 N–H and O–H groups in total. The minimum atomic E-state index is 0.861. The average molecular weight is 302 g/mol. The Morgan fingerprint density at radius 2 is 1.30 bits per heavy atom. The number of benzene rings is 3. The second kappa shape index (κ2) is 7.97. The molecule has 0 heteroatoms. The molecule has 23 heavy (non-hydrogen) atoms. The van der Waals surface area contributed by atoms with E-state index in [1.807, 2.05) is 0 Å². The first-order chi connectivity index (χ1) is 11.3. The molecule has 0 bridgehead atoms. The fourth-order valence-corrected chi connectivity index (χ4v) is 3.55. The van der Waals surface area contributed by atoms with Gasteiger partial charge in [-0.1, -0.05) is 92.1 Å². The van der Waals surface area contributed by atoms with Crippen LogP contribution in [0, 0.1) is 6.92 Å². The van der Waals surface area contributed by atoms with Gasteiger partial charge < -0.3 is 0 Å². The minimum absolute atomic E-state index is 0.861. The third-order valence-corrected chi connectivity index (χ3v) is 4.88. The molecule has 118 valence electrons. The van der Waals surface area contributed by atoms with Crippen LogP contribution in [0.3, 0.4) is 0 Å². The summed E-state index contributed by atoms with van der Waals surface area (Å²) < 4.78 is 0. The van der Waals surface area contributed by atoms with Gasteiger partial charge in [-0.15, -0.1) is 0 Å². The van der Waals surface area contributed by atoms with Crippen molar-refractivity contribution < 1.29 is 0 Å². The van der Waals surface area contributed by atoms with Gasteiger partial charge >= 0.3 is 0 Å². The van der Waals surface area contributed by atoms with E-state index >= 15 is 0 Å². The SMILES string of the molecule is Cc1cccc2ccccc12.c1ccc(C2CCCCC2)cc1. The van der Waals surface area contributed by atoms with Crippen LogP contribution in [0.4, 0.5) is 0 Å². The predicted octanol–water partition coefficient (Wildman–Crippen LogP) is 6.88. The molecule has 1 saturated carbocycles. The molecule has 4 rings (SSSR count). The third kappa shape index (κ3) is 4.22. The quantitative estimate of drug-likeness (QED) is 0.459.